The Labute approximate surface area is 143 Å². The summed E-state index contributed by atoms with van der Waals surface area (Å²) in [5.74, 6) is -1.50. The van der Waals surface area contributed by atoms with Crippen LogP contribution in [0.1, 0.15) is 23.8 Å². The first kappa shape index (κ1) is 16.9. The van der Waals surface area contributed by atoms with Crippen molar-refractivity contribution in [2.45, 2.75) is 25.0 Å². The second-order valence-electron chi connectivity index (χ2n) is 6.15. The second-order valence-corrected chi connectivity index (χ2v) is 7.13. The van der Waals surface area contributed by atoms with Gasteiger partial charge < -0.3 is 19.6 Å². The van der Waals surface area contributed by atoms with E-state index in [9.17, 15) is 14.4 Å². The monoisotopic (exact) mass is 352 g/mol. The standard InChI is InChI=1S/C16H20N2O5S/c1-17-13(19)8-11(15(17)12-3-2-6-24-12)16(22)18-4-5-23-10(9-18)7-14(20)21/h2-3,6,10-11,15H,4-5,7-9H2,1H3,(H,20,21)/t10-,11-,15+/m0/s1. The van der Waals surface area contributed by atoms with Gasteiger partial charge in [0.1, 0.15) is 0 Å². The van der Waals surface area contributed by atoms with Gasteiger partial charge in [-0.25, -0.2) is 0 Å². The molecule has 2 saturated heterocycles. The van der Waals surface area contributed by atoms with Crippen LogP contribution in [-0.4, -0.2) is 65.5 Å². The van der Waals surface area contributed by atoms with Gasteiger partial charge >= 0.3 is 5.97 Å². The number of carboxylic acids is 1. The summed E-state index contributed by atoms with van der Waals surface area (Å²) in [7, 11) is 1.73. The zero-order chi connectivity index (χ0) is 17.3. The van der Waals surface area contributed by atoms with Crippen LogP contribution in [0.15, 0.2) is 17.5 Å². The van der Waals surface area contributed by atoms with Gasteiger partial charge in [-0.1, -0.05) is 6.07 Å². The number of carboxylic acid groups (broad SMARTS) is 1. The lowest BCUT2D eigenvalue weighted by atomic mass is 9.96. The van der Waals surface area contributed by atoms with Gasteiger partial charge in [0, 0.05) is 31.4 Å². The molecule has 130 valence electrons. The van der Waals surface area contributed by atoms with Gasteiger partial charge in [-0.2, -0.15) is 0 Å². The SMILES string of the molecule is CN1C(=O)C[C@H](C(=O)N2CCO[C@@H](CC(=O)O)C2)[C@@H]1c1cccs1. The number of thiophene rings is 1. The van der Waals surface area contributed by atoms with Crippen LogP contribution in [0.25, 0.3) is 0 Å². The fourth-order valence-corrected chi connectivity index (χ4v) is 4.35. The number of carbonyl (C=O) groups is 3. The summed E-state index contributed by atoms with van der Waals surface area (Å²) < 4.78 is 5.42. The summed E-state index contributed by atoms with van der Waals surface area (Å²) in [6, 6.07) is 3.61. The van der Waals surface area contributed by atoms with Crippen LogP contribution < -0.4 is 0 Å². The van der Waals surface area contributed by atoms with Crippen molar-refractivity contribution in [2.24, 2.45) is 5.92 Å². The molecule has 0 unspecified atom stereocenters. The van der Waals surface area contributed by atoms with E-state index in [1.54, 1.807) is 16.8 Å². The molecule has 1 N–H and O–H groups in total. The number of carbonyl (C=O) groups excluding carboxylic acids is 2. The quantitative estimate of drug-likeness (QED) is 0.872. The topological polar surface area (TPSA) is 87.2 Å². The smallest absolute Gasteiger partial charge is 0.306 e. The Kier molecular flexibility index (Phi) is 4.86. The van der Waals surface area contributed by atoms with Crippen LogP contribution >= 0.6 is 11.3 Å². The van der Waals surface area contributed by atoms with Crippen molar-refractivity contribution < 1.29 is 24.2 Å². The molecular weight excluding hydrogens is 332 g/mol. The molecule has 0 saturated carbocycles. The van der Waals surface area contributed by atoms with Gasteiger partial charge in [0.05, 0.1) is 31.1 Å². The highest BCUT2D eigenvalue weighted by molar-refractivity contribution is 7.10. The maximum Gasteiger partial charge on any atom is 0.306 e. The van der Waals surface area contributed by atoms with Crippen LogP contribution in [0.2, 0.25) is 0 Å². The van der Waals surface area contributed by atoms with Crippen molar-refractivity contribution in [3.05, 3.63) is 22.4 Å². The third-order valence-electron chi connectivity index (χ3n) is 4.59. The first-order chi connectivity index (χ1) is 11.5. The third-order valence-corrected chi connectivity index (χ3v) is 5.53. The van der Waals surface area contributed by atoms with Gasteiger partial charge in [0.2, 0.25) is 11.8 Å². The van der Waals surface area contributed by atoms with Crippen molar-refractivity contribution in [1.82, 2.24) is 9.80 Å². The summed E-state index contributed by atoms with van der Waals surface area (Å²) in [5, 5.41) is 10.8. The van der Waals surface area contributed by atoms with Crippen LogP contribution in [-0.2, 0) is 19.1 Å². The Hall–Kier alpha value is -1.93. The molecule has 8 heteroatoms. The molecule has 2 aliphatic heterocycles. The molecular formula is C16H20N2O5S. The number of rotatable bonds is 4. The predicted octanol–water partition coefficient (Wildman–Crippen LogP) is 0.970. The summed E-state index contributed by atoms with van der Waals surface area (Å²) in [6.45, 7) is 1.01. The zero-order valence-electron chi connectivity index (χ0n) is 13.4. The number of hydrogen-bond donors (Lipinski definition) is 1. The lowest BCUT2D eigenvalue weighted by molar-refractivity contribution is -0.150. The molecule has 0 aromatic carbocycles. The zero-order valence-corrected chi connectivity index (χ0v) is 14.2. The van der Waals surface area contributed by atoms with Gasteiger partial charge in [-0.05, 0) is 11.4 Å². The van der Waals surface area contributed by atoms with Gasteiger partial charge in [0.15, 0.2) is 0 Å². The molecule has 1 aromatic rings. The minimum atomic E-state index is -0.943. The first-order valence-corrected chi connectivity index (χ1v) is 8.76. The van der Waals surface area contributed by atoms with E-state index in [0.29, 0.717) is 13.2 Å². The average Bonchev–Trinajstić information content (AvgIpc) is 3.15. The number of nitrogens with zero attached hydrogens (tertiary/aromatic N) is 2. The lowest BCUT2D eigenvalue weighted by Gasteiger charge is -2.35. The maximum absolute atomic E-state index is 13.0. The van der Waals surface area contributed by atoms with E-state index in [-0.39, 0.29) is 37.2 Å². The van der Waals surface area contributed by atoms with Gasteiger partial charge in [0.25, 0.3) is 0 Å². The van der Waals surface area contributed by atoms with Crippen LogP contribution in [0.5, 0.6) is 0 Å². The number of aliphatic carboxylic acids is 1. The minimum Gasteiger partial charge on any atom is -0.481 e. The van der Waals surface area contributed by atoms with Crippen LogP contribution in [0.3, 0.4) is 0 Å². The molecule has 0 bridgehead atoms. The second kappa shape index (κ2) is 6.90. The normalized spacial score (nSPS) is 27.5. The molecule has 3 rings (SSSR count). The van der Waals surface area contributed by atoms with E-state index >= 15 is 0 Å². The van der Waals surface area contributed by atoms with E-state index in [0.717, 1.165) is 4.88 Å². The molecule has 0 spiro atoms. The fourth-order valence-electron chi connectivity index (χ4n) is 3.41. The number of ether oxygens (including phenoxy) is 1. The molecule has 0 aliphatic carbocycles. The van der Waals surface area contributed by atoms with E-state index in [4.69, 9.17) is 9.84 Å². The average molecular weight is 352 g/mol. The summed E-state index contributed by atoms with van der Waals surface area (Å²) >= 11 is 1.54. The first-order valence-electron chi connectivity index (χ1n) is 7.88. The summed E-state index contributed by atoms with van der Waals surface area (Å²) in [4.78, 5) is 40.3. The molecule has 24 heavy (non-hydrogen) atoms. The lowest BCUT2D eigenvalue weighted by Crippen LogP contribution is -2.49. The highest BCUT2D eigenvalue weighted by atomic mass is 32.1. The summed E-state index contributed by atoms with van der Waals surface area (Å²) in [6.07, 6.45) is -0.421. The van der Waals surface area contributed by atoms with Gasteiger partial charge in [-0.3, -0.25) is 14.4 Å². The molecule has 3 atom stereocenters. The van der Waals surface area contributed by atoms with Crippen LogP contribution in [0.4, 0.5) is 0 Å². The van der Waals surface area contributed by atoms with Crippen molar-refractivity contribution in [3.8, 4) is 0 Å². The summed E-state index contributed by atoms with van der Waals surface area (Å²) in [5.41, 5.74) is 0. The number of hydrogen-bond acceptors (Lipinski definition) is 5. The Bertz CT molecular complexity index is 632. The highest BCUT2D eigenvalue weighted by Crippen LogP contribution is 2.40. The minimum absolute atomic E-state index is 0.0397. The third kappa shape index (κ3) is 3.29. The molecule has 2 fully saturated rings. The van der Waals surface area contributed by atoms with Crippen LogP contribution in [0, 0.1) is 5.92 Å². The van der Waals surface area contributed by atoms with E-state index in [1.807, 2.05) is 17.5 Å². The molecule has 3 heterocycles. The Balaban J connectivity index is 1.75. The number of morpholine rings is 1. The molecule has 7 nitrogen and oxygen atoms in total. The van der Waals surface area contributed by atoms with Crippen molar-refractivity contribution >= 4 is 29.1 Å². The highest BCUT2D eigenvalue weighted by Gasteiger charge is 2.45. The van der Waals surface area contributed by atoms with E-state index < -0.39 is 18.0 Å². The molecule has 2 aliphatic rings. The van der Waals surface area contributed by atoms with Crippen molar-refractivity contribution in [3.63, 3.8) is 0 Å². The molecule has 1 aromatic heterocycles. The Morgan fingerprint density at radius 1 is 1.46 bits per heavy atom. The van der Waals surface area contributed by atoms with Crippen molar-refractivity contribution in [2.75, 3.05) is 26.7 Å². The Morgan fingerprint density at radius 2 is 2.25 bits per heavy atom. The number of likely N-dealkylation sites (tertiary alicyclic amines) is 1. The van der Waals surface area contributed by atoms with Gasteiger partial charge in [-0.15, -0.1) is 11.3 Å². The maximum atomic E-state index is 13.0. The van der Waals surface area contributed by atoms with Crippen molar-refractivity contribution in [1.29, 1.82) is 0 Å². The predicted molar refractivity (Wildman–Crippen MR) is 86.5 cm³/mol. The number of amides is 2. The van der Waals surface area contributed by atoms with E-state index in [2.05, 4.69) is 0 Å². The Morgan fingerprint density at radius 3 is 2.92 bits per heavy atom. The molecule has 0 radical (unpaired) electrons. The fraction of sp³-hybridized carbons (Fsp3) is 0.562. The molecule has 2 amide bonds. The largest absolute Gasteiger partial charge is 0.481 e. The van der Waals surface area contributed by atoms with E-state index in [1.165, 1.54) is 11.3 Å².